The van der Waals surface area contributed by atoms with Gasteiger partial charge in [0, 0.05) is 18.7 Å². The number of carbonyl (C=O) groups is 1. The van der Waals surface area contributed by atoms with Gasteiger partial charge in [-0.15, -0.1) is 0 Å². The molecule has 0 fully saturated rings. The minimum absolute atomic E-state index is 0.0169. The Morgan fingerprint density at radius 3 is 2.42 bits per heavy atom. The fraction of sp³-hybridized carbons (Fsp3) is 0.462. The molecule has 0 atom stereocenters. The van der Waals surface area contributed by atoms with E-state index >= 15 is 0 Å². The largest absolute Gasteiger partial charge is 0.416 e. The normalized spacial score (nSPS) is 11.7. The van der Waals surface area contributed by atoms with E-state index in [9.17, 15) is 18.0 Å². The van der Waals surface area contributed by atoms with Crippen LogP contribution < -0.4 is 11.1 Å². The van der Waals surface area contributed by atoms with Crippen LogP contribution in [0.15, 0.2) is 18.2 Å². The molecule has 0 aliphatic heterocycles. The average Bonchev–Trinajstić information content (AvgIpc) is 2.25. The Bertz CT molecular complexity index is 456. The molecule has 1 aromatic carbocycles. The van der Waals surface area contributed by atoms with Crippen molar-refractivity contribution in [1.29, 1.82) is 0 Å². The van der Waals surface area contributed by atoms with Crippen LogP contribution in [0, 0.1) is 5.92 Å². The minimum Gasteiger partial charge on any atom is -0.326 e. The molecule has 3 nitrogen and oxygen atoms in total. The average molecular weight is 274 g/mol. The lowest BCUT2D eigenvalue weighted by Gasteiger charge is -2.13. The van der Waals surface area contributed by atoms with Crippen LogP contribution in [0.2, 0.25) is 0 Å². The topological polar surface area (TPSA) is 55.1 Å². The van der Waals surface area contributed by atoms with Crippen molar-refractivity contribution in [2.75, 3.05) is 5.32 Å². The van der Waals surface area contributed by atoms with E-state index in [2.05, 4.69) is 5.32 Å². The highest BCUT2D eigenvalue weighted by molar-refractivity contribution is 5.91. The van der Waals surface area contributed by atoms with Crippen LogP contribution in [-0.4, -0.2) is 5.91 Å². The van der Waals surface area contributed by atoms with Crippen LogP contribution in [0.1, 0.15) is 31.4 Å². The summed E-state index contributed by atoms with van der Waals surface area (Å²) < 4.78 is 38.0. The fourth-order valence-electron chi connectivity index (χ4n) is 1.63. The zero-order chi connectivity index (χ0) is 14.6. The molecule has 6 heteroatoms. The quantitative estimate of drug-likeness (QED) is 0.886. The second-order valence-electron chi connectivity index (χ2n) is 4.77. The smallest absolute Gasteiger partial charge is 0.326 e. The predicted molar refractivity (Wildman–Crippen MR) is 67.4 cm³/mol. The zero-order valence-corrected chi connectivity index (χ0v) is 10.8. The molecule has 1 amide bonds. The molecular formula is C13H17F3N2O. The number of carbonyl (C=O) groups excluding carboxylic acids is 1. The molecule has 0 aromatic heterocycles. The number of anilines is 1. The van der Waals surface area contributed by atoms with Crippen molar-refractivity contribution in [2.24, 2.45) is 11.7 Å². The number of halogens is 3. The summed E-state index contributed by atoms with van der Waals surface area (Å²) in [5.74, 6) is -0.169. The van der Waals surface area contributed by atoms with Crippen LogP contribution in [0.5, 0.6) is 0 Å². The third-order valence-electron chi connectivity index (χ3n) is 2.43. The molecule has 106 valence electrons. The maximum Gasteiger partial charge on any atom is 0.416 e. The Morgan fingerprint density at radius 2 is 1.95 bits per heavy atom. The third kappa shape index (κ3) is 4.90. The van der Waals surface area contributed by atoms with Crippen LogP contribution >= 0.6 is 0 Å². The lowest BCUT2D eigenvalue weighted by molar-refractivity contribution is -0.137. The van der Waals surface area contributed by atoms with Gasteiger partial charge in [0.25, 0.3) is 0 Å². The number of nitrogens with one attached hydrogen (secondary N) is 1. The number of alkyl halides is 3. The number of hydrogen-bond donors (Lipinski definition) is 2. The lowest BCUT2D eigenvalue weighted by atomic mass is 10.1. The molecule has 1 aromatic rings. The van der Waals surface area contributed by atoms with Crippen molar-refractivity contribution in [3.63, 3.8) is 0 Å². The van der Waals surface area contributed by atoms with Crippen LogP contribution in [0.3, 0.4) is 0 Å². The van der Waals surface area contributed by atoms with E-state index in [4.69, 9.17) is 5.73 Å². The molecule has 3 N–H and O–H groups in total. The van der Waals surface area contributed by atoms with Crippen molar-refractivity contribution >= 4 is 11.6 Å². The third-order valence-corrected chi connectivity index (χ3v) is 2.43. The molecule has 0 radical (unpaired) electrons. The van der Waals surface area contributed by atoms with Gasteiger partial charge in [-0.25, -0.2) is 0 Å². The SMILES string of the molecule is CC(C)CC(=O)Nc1cc(CN)cc(C(F)(F)F)c1. The van der Waals surface area contributed by atoms with Crippen LogP contribution in [0.25, 0.3) is 0 Å². The maximum absolute atomic E-state index is 12.7. The molecule has 0 aliphatic carbocycles. The first kappa shape index (κ1) is 15.5. The summed E-state index contributed by atoms with van der Waals surface area (Å²) in [5.41, 5.74) is 5.01. The number of rotatable bonds is 4. The van der Waals surface area contributed by atoms with Gasteiger partial charge in [0.05, 0.1) is 5.56 Å². The highest BCUT2D eigenvalue weighted by Gasteiger charge is 2.31. The highest BCUT2D eigenvalue weighted by atomic mass is 19.4. The zero-order valence-electron chi connectivity index (χ0n) is 10.8. The van der Waals surface area contributed by atoms with Gasteiger partial charge in [-0.1, -0.05) is 13.8 Å². The summed E-state index contributed by atoms with van der Waals surface area (Å²) in [6, 6.07) is 3.35. The molecule has 19 heavy (non-hydrogen) atoms. The van der Waals surface area contributed by atoms with Gasteiger partial charge in [-0.3, -0.25) is 4.79 Å². The Labute approximate surface area is 110 Å². The minimum atomic E-state index is -4.46. The standard InChI is InChI=1S/C13H17F3N2O/c1-8(2)3-12(19)18-11-5-9(7-17)4-10(6-11)13(14,15)16/h4-6,8H,3,7,17H2,1-2H3,(H,18,19). The van der Waals surface area contributed by atoms with Gasteiger partial charge < -0.3 is 11.1 Å². The Kier molecular flexibility index (Phi) is 4.94. The molecule has 1 rings (SSSR count). The van der Waals surface area contributed by atoms with Crippen molar-refractivity contribution < 1.29 is 18.0 Å². The first-order valence-electron chi connectivity index (χ1n) is 5.93. The van der Waals surface area contributed by atoms with Gasteiger partial charge in [0.1, 0.15) is 0 Å². The lowest BCUT2D eigenvalue weighted by Crippen LogP contribution is -2.15. The Hall–Kier alpha value is -1.56. The Morgan fingerprint density at radius 1 is 1.32 bits per heavy atom. The van der Waals surface area contributed by atoms with Gasteiger partial charge in [0.15, 0.2) is 0 Å². The molecule has 0 unspecified atom stereocenters. The highest BCUT2D eigenvalue weighted by Crippen LogP contribution is 2.32. The number of amides is 1. The second kappa shape index (κ2) is 6.06. The molecule has 0 aliphatic rings. The van der Waals surface area contributed by atoms with E-state index in [0.29, 0.717) is 5.56 Å². The molecule has 0 saturated heterocycles. The summed E-state index contributed by atoms with van der Waals surface area (Å²) in [6.45, 7) is 3.70. The Balaban J connectivity index is 2.98. The monoisotopic (exact) mass is 274 g/mol. The van der Waals surface area contributed by atoms with Crippen molar-refractivity contribution in [3.8, 4) is 0 Å². The first-order chi connectivity index (χ1) is 8.72. The van der Waals surface area contributed by atoms with Crippen LogP contribution in [-0.2, 0) is 17.5 Å². The van der Waals surface area contributed by atoms with Crippen molar-refractivity contribution in [1.82, 2.24) is 0 Å². The number of nitrogens with two attached hydrogens (primary N) is 1. The molecule has 0 bridgehead atoms. The van der Waals surface area contributed by atoms with E-state index in [1.807, 2.05) is 13.8 Å². The van der Waals surface area contributed by atoms with E-state index in [-0.39, 0.29) is 30.5 Å². The molecule has 0 spiro atoms. The van der Waals surface area contributed by atoms with E-state index in [1.165, 1.54) is 6.07 Å². The summed E-state index contributed by atoms with van der Waals surface area (Å²) in [7, 11) is 0. The number of hydrogen-bond acceptors (Lipinski definition) is 2. The van der Waals surface area contributed by atoms with E-state index in [1.54, 1.807) is 0 Å². The fourth-order valence-corrected chi connectivity index (χ4v) is 1.63. The second-order valence-corrected chi connectivity index (χ2v) is 4.77. The molecule has 0 saturated carbocycles. The van der Waals surface area contributed by atoms with Gasteiger partial charge in [-0.2, -0.15) is 13.2 Å². The summed E-state index contributed by atoms with van der Waals surface area (Å²) >= 11 is 0. The number of benzene rings is 1. The summed E-state index contributed by atoms with van der Waals surface area (Å²) in [5, 5.41) is 2.47. The molecule has 0 heterocycles. The van der Waals surface area contributed by atoms with Crippen molar-refractivity contribution in [3.05, 3.63) is 29.3 Å². The van der Waals surface area contributed by atoms with Crippen LogP contribution in [0.4, 0.5) is 18.9 Å². The van der Waals surface area contributed by atoms with E-state index < -0.39 is 11.7 Å². The maximum atomic E-state index is 12.7. The van der Waals surface area contributed by atoms with E-state index in [0.717, 1.165) is 12.1 Å². The molecular weight excluding hydrogens is 257 g/mol. The first-order valence-corrected chi connectivity index (χ1v) is 5.93. The van der Waals surface area contributed by atoms with Gasteiger partial charge in [-0.05, 0) is 29.7 Å². The van der Waals surface area contributed by atoms with Gasteiger partial charge >= 0.3 is 6.18 Å². The summed E-state index contributed by atoms with van der Waals surface area (Å²) in [6.07, 6.45) is -4.20. The van der Waals surface area contributed by atoms with Crippen molar-refractivity contribution in [2.45, 2.75) is 33.0 Å². The summed E-state index contributed by atoms with van der Waals surface area (Å²) in [4.78, 5) is 11.6. The predicted octanol–water partition coefficient (Wildman–Crippen LogP) is 3.15. The van der Waals surface area contributed by atoms with Gasteiger partial charge in [0.2, 0.25) is 5.91 Å².